The van der Waals surface area contributed by atoms with E-state index in [1.54, 1.807) is 0 Å². The Kier molecular flexibility index (Phi) is 6.40. The summed E-state index contributed by atoms with van der Waals surface area (Å²) in [5.74, 6) is 3.02. The maximum Gasteiger partial charge on any atom is 0.179 e. The highest BCUT2D eigenvalue weighted by molar-refractivity contribution is 9.10. The van der Waals surface area contributed by atoms with Crippen LogP contribution in [0, 0.1) is 6.92 Å². The monoisotopic (exact) mass is 602 g/mol. The van der Waals surface area contributed by atoms with Crippen molar-refractivity contribution in [3.05, 3.63) is 124 Å². The van der Waals surface area contributed by atoms with Crippen molar-refractivity contribution < 1.29 is 4.74 Å². The number of anilines is 2. The predicted molar refractivity (Wildman–Crippen MR) is 169 cm³/mol. The summed E-state index contributed by atoms with van der Waals surface area (Å²) in [6.45, 7) is 4.66. The highest BCUT2D eigenvalue weighted by atomic mass is 79.9. The van der Waals surface area contributed by atoms with E-state index in [2.05, 4.69) is 69.5 Å². The minimum absolute atomic E-state index is 0.179. The van der Waals surface area contributed by atoms with E-state index >= 15 is 0 Å². The first-order valence-corrected chi connectivity index (χ1v) is 14.4. The second kappa shape index (κ2) is 10.4. The van der Waals surface area contributed by atoms with Crippen molar-refractivity contribution in [2.24, 2.45) is 9.98 Å². The zero-order chi connectivity index (χ0) is 27.9. The number of halogens is 1. The quantitative estimate of drug-likeness (QED) is 0.220. The highest BCUT2D eigenvalue weighted by Gasteiger charge is 2.41. The van der Waals surface area contributed by atoms with Crippen molar-refractivity contribution >= 4 is 50.5 Å². The van der Waals surface area contributed by atoms with Crippen LogP contribution in [-0.4, -0.2) is 28.1 Å². The van der Waals surface area contributed by atoms with E-state index in [0.717, 1.165) is 61.4 Å². The first-order valence-electron chi connectivity index (χ1n) is 13.6. The van der Waals surface area contributed by atoms with Crippen molar-refractivity contribution in [3.8, 4) is 11.4 Å². The Morgan fingerprint density at radius 3 is 2.44 bits per heavy atom. The Labute approximate surface area is 247 Å². The van der Waals surface area contributed by atoms with Crippen LogP contribution < -0.4 is 15.0 Å². The molecule has 202 valence electrons. The average molecular weight is 604 g/mol. The SMILES string of the molecule is CCOc1ccc(NC2=Nc3ccccc3N3C2=Nc2c(c(C)nn2-c2ccccc2)[C@H]3c2cccc(Br)c2)cc1. The van der Waals surface area contributed by atoms with Crippen LogP contribution in [0.3, 0.4) is 0 Å². The minimum Gasteiger partial charge on any atom is -0.494 e. The lowest BCUT2D eigenvalue weighted by atomic mass is 9.93. The molecule has 3 heterocycles. The van der Waals surface area contributed by atoms with Gasteiger partial charge in [-0.2, -0.15) is 5.10 Å². The van der Waals surface area contributed by atoms with Gasteiger partial charge in [-0.3, -0.25) is 0 Å². The molecule has 0 amide bonds. The van der Waals surface area contributed by atoms with E-state index in [1.807, 2.05) is 78.3 Å². The number of benzene rings is 4. The van der Waals surface area contributed by atoms with Crippen LogP contribution in [0.2, 0.25) is 0 Å². The van der Waals surface area contributed by atoms with E-state index in [0.29, 0.717) is 12.4 Å². The standard InChI is InChI=1S/C33H27BrN6O/c1-3-41-26-18-16-24(17-19-26)35-31-33-37-32-29(21(2)38-40(32)25-12-5-4-6-13-25)30(22-10-9-11-23(34)20-22)39(33)28-15-8-7-14-27(28)36-31/h4-20,30H,3H2,1-2H3,(H,35,36)/t30-/m1/s1. The maximum atomic E-state index is 5.65. The molecule has 0 unspecified atom stereocenters. The van der Waals surface area contributed by atoms with E-state index in [4.69, 9.17) is 19.8 Å². The molecule has 2 aliphatic rings. The summed E-state index contributed by atoms with van der Waals surface area (Å²) in [6, 6.07) is 34.5. The normalized spacial score (nSPS) is 15.3. The Morgan fingerprint density at radius 1 is 0.878 bits per heavy atom. The molecule has 1 atom stereocenters. The van der Waals surface area contributed by atoms with Crippen LogP contribution in [-0.2, 0) is 0 Å². The smallest absolute Gasteiger partial charge is 0.179 e. The Bertz CT molecular complexity index is 1810. The first kappa shape index (κ1) is 25.3. The van der Waals surface area contributed by atoms with Gasteiger partial charge >= 0.3 is 0 Å². The van der Waals surface area contributed by atoms with Gasteiger partial charge in [-0.1, -0.05) is 58.4 Å². The second-order valence-corrected chi connectivity index (χ2v) is 10.8. The van der Waals surface area contributed by atoms with Gasteiger partial charge in [0.05, 0.1) is 35.4 Å². The van der Waals surface area contributed by atoms with Gasteiger partial charge in [0.15, 0.2) is 17.5 Å². The number of aryl methyl sites for hydroxylation is 1. The molecule has 8 heteroatoms. The number of fused-ring (bicyclic) bond motifs is 4. The van der Waals surface area contributed by atoms with Gasteiger partial charge in [-0.05, 0) is 80.1 Å². The number of para-hydroxylation sites is 3. The van der Waals surface area contributed by atoms with Crippen molar-refractivity contribution in [1.82, 2.24) is 9.78 Å². The molecule has 4 aromatic carbocycles. The molecule has 0 saturated heterocycles. The minimum atomic E-state index is -0.179. The molecular formula is C33H27BrN6O. The molecule has 0 aliphatic carbocycles. The summed E-state index contributed by atoms with van der Waals surface area (Å²) in [5, 5.41) is 8.56. The molecule has 7 rings (SSSR count). The lowest BCUT2D eigenvalue weighted by Gasteiger charge is -2.40. The molecule has 2 aliphatic heterocycles. The van der Waals surface area contributed by atoms with E-state index in [1.165, 1.54) is 0 Å². The molecule has 5 aromatic rings. The Morgan fingerprint density at radius 2 is 1.66 bits per heavy atom. The number of hydrogen-bond donors (Lipinski definition) is 1. The number of rotatable bonds is 5. The molecular weight excluding hydrogens is 576 g/mol. The van der Waals surface area contributed by atoms with Gasteiger partial charge in [0, 0.05) is 15.7 Å². The number of nitrogens with one attached hydrogen (secondary N) is 1. The third-order valence-corrected chi connectivity index (χ3v) is 7.72. The second-order valence-electron chi connectivity index (χ2n) is 9.86. The molecule has 0 saturated carbocycles. The number of aliphatic imine (C=N–C) groups is 2. The zero-order valence-electron chi connectivity index (χ0n) is 22.6. The average Bonchev–Trinajstić information content (AvgIpc) is 3.33. The molecule has 0 bridgehead atoms. The van der Waals surface area contributed by atoms with E-state index in [9.17, 15) is 0 Å². The van der Waals surface area contributed by atoms with Crippen molar-refractivity contribution in [1.29, 1.82) is 0 Å². The lowest BCUT2D eigenvalue weighted by Crippen LogP contribution is -2.46. The third kappa shape index (κ3) is 4.50. The number of hydrogen-bond acceptors (Lipinski definition) is 6. The summed E-state index contributed by atoms with van der Waals surface area (Å²) >= 11 is 3.71. The lowest BCUT2D eigenvalue weighted by molar-refractivity contribution is 0.340. The van der Waals surface area contributed by atoms with Crippen molar-refractivity contribution in [2.45, 2.75) is 19.9 Å². The fourth-order valence-corrected chi connectivity index (χ4v) is 5.89. The molecule has 1 N–H and O–H groups in total. The summed E-state index contributed by atoms with van der Waals surface area (Å²) in [6.07, 6.45) is 0. The van der Waals surface area contributed by atoms with Gasteiger partial charge in [0.1, 0.15) is 5.75 Å². The van der Waals surface area contributed by atoms with Crippen LogP contribution in [0.15, 0.2) is 118 Å². The third-order valence-electron chi connectivity index (χ3n) is 7.23. The number of ether oxygens (including phenoxy) is 1. The highest BCUT2D eigenvalue weighted by Crippen LogP contribution is 2.48. The van der Waals surface area contributed by atoms with Crippen LogP contribution in [0.5, 0.6) is 5.75 Å². The Hall–Kier alpha value is -4.69. The van der Waals surface area contributed by atoms with Gasteiger partial charge < -0.3 is 15.0 Å². The first-order chi connectivity index (χ1) is 20.1. The molecule has 1 aromatic heterocycles. The van der Waals surface area contributed by atoms with Gasteiger partial charge in [-0.15, -0.1) is 0 Å². The molecule has 0 spiro atoms. The Balaban J connectivity index is 1.45. The zero-order valence-corrected chi connectivity index (χ0v) is 24.2. The van der Waals surface area contributed by atoms with E-state index in [-0.39, 0.29) is 6.04 Å². The summed E-state index contributed by atoms with van der Waals surface area (Å²) < 4.78 is 8.60. The van der Waals surface area contributed by atoms with E-state index < -0.39 is 0 Å². The van der Waals surface area contributed by atoms with Crippen LogP contribution in [0.25, 0.3) is 5.69 Å². The summed E-state index contributed by atoms with van der Waals surface area (Å²) in [7, 11) is 0. The van der Waals surface area contributed by atoms with Crippen LogP contribution >= 0.6 is 15.9 Å². The molecule has 7 nitrogen and oxygen atoms in total. The largest absolute Gasteiger partial charge is 0.494 e. The van der Waals surface area contributed by atoms with Crippen molar-refractivity contribution in [3.63, 3.8) is 0 Å². The molecule has 0 radical (unpaired) electrons. The number of aromatic nitrogens is 2. The van der Waals surface area contributed by atoms with Crippen LogP contribution in [0.1, 0.15) is 29.8 Å². The van der Waals surface area contributed by atoms with Gasteiger partial charge in [0.2, 0.25) is 0 Å². The fraction of sp³-hybridized carbons (Fsp3) is 0.121. The summed E-state index contributed by atoms with van der Waals surface area (Å²) in [5.41, 5.74) is 6.83. The van der Waals surface area contributed by atoms with Crippen molar-refractivity contribution in [2.75, 3.05) is 16.8 Å². The summed E-state index contributed by atoms with van der Waals surface area (Å²) in [4.78, 5) is 12.7. The topological polar surface area (TPSA) is 67.0 Å². The number of nitrogens with zero attached hydrogens (tertiary/aromatic N) is 5. The van der Waals surface area contributed by atoms with Crippen LogP contribution in [0.4, 0.5) is 22.9 Å². The maximum absolute atomic E-state index is 5.65. The van der Waals surface area contributed by atoms with Gasteiger partial charge in [-0.25, -0.2) is 14.7 Å². The molecule has 41 heavy (non-hydrogen) atoms. The van der Waals surface area contributed by atoms with Gasteiger partial charge in [0.25, 0.3) is 0 Å². The predicted octanol–water partition coefficient (Wildman–Crippen LogP) is 8.14. The molecule has 0 fully saturated rings. The fourth-order valence-electron chi connectivity index (χ4n) is 5.48. The number of amidine groups is 2.